The summed E-state index contributed by atoms with van der Waals surface area (Å²) in [5.41, 5.74) is 7.03. The highest BCUT2D eigenvalue weighted by Gasteiger charge is 2.31. The SMILES string of the molecule is Cc1ccc([C@@H]2CC(c3ccc(N(C)C)cc3)=NN2C(=S)NCc2ccccc2)cc1. The van der Waals surface area contributed by atoms with Crippen LogP contribution in [0.4, 0.5) is 5.69 Å². The molecule has 4 rings (SSSR count). The minimum Gasteiger partial charge on any atom is -0.378 e. The number of aryl methyl sites for hydroxylation is 1. The number of hydrogen-bond acceptors (Lipinski definition) is 3. The van der Waals surface area contributed by atoms with E-state index in [1.807, 2.05) is 37.3 Å². The molecule has 0 spiro atoms. The Morgan fingerprint density at radius 3 is 2.32 bits per heavy atom. The van der Waals surface area contributed by atoms with E-state index in [0.717, 1.165) is 17.7 Å². The summed E-state index contributed by atoms with van der Waals surface area (Å²) in [5.74, 6) is 0. The van der Waals surface area contributed by atoms with Crippen LogP contribution >= 0.6 is 12.2 Å². The number of hydrogen-bond donors (Lipinski definition) is 1. The van der Waals surface area contributed by atoms with Gasteiger partial charge < -0.3 is 10.2 Å². The number of benzene rings is 3. The van der Waals surface area contributed by atoms with Gasteiger partial charge >= 0.3 is 0 Å². The van der Waals surface area contributed by atoms with Crippen molar-refractivity contribution in [2.75, 3.05) is 19.0 Å². The van der Waals surface area contributed by atoms with E-state index in [-0.39, 0.29) is 6.04 Å². The zero-order valence-electron chi connectivity index (χ0n) is 18.2. The zero-order chi connectivity index (χ0) is 21.8. The fourth-order valence-corrected chi connectivity index (χ4v) is 3.97. The van der Waals surface area contributed by atoms with Crippen LogP contribution < -0.4 is 10.2 Å². The average molecular weight is 429 g/mol. The molecule has 1 aliphatic heterocycles. The first-order chi connectivity index (χ1) is 15.0. The summed E-state index contributed by atoms with van der Waals surface area (Å²) < 4.78 is 0. The van der Waals surface area contributed by atoms with Gasteiger partial charge in [-0.05, 0) is 48.0 Å². The van der Waals surface area contributed by atoms with Crippen LogP contribution in [0.15, 0.2) is 84.0 Å². The van der Waals surface area contributed by atoms with Crippen LogP contribution in [0, 0.1) is 6.92 Å². The molecular formula is C26H28N4S. The van der Waals surface area contributed by atoms with Crippen LogP contribution in [0.2, 0.25) is 0 Å². The van der Waals surface area contributed by atoms with Gasteiger partial charge in [-0.3, -0.25) is 0 Å². The molecule has 3 aromatic carbocycles. The topological polar surface area (TPSA) is 30.9 Å². The van der Waals surface area contributed by atoms with Crippen molar-refractivity contribution in [1.29, 1.82) is 0 Å². The Kier molecular flexibility index (Phi) is 6.33. The highest BCUT2D eigenvalue weighted by atomic mass is 32.1. The standard InChI is InChI=1S/C26H28N4S/c1-19-9-11-22(12-10-19)25-17-24(21-13-15-23(16-14-21)29(2)3)28-30(25)26(31)27-18-20-7-5-4-6-8-20/h4-16,25H,17-18H2,1-3H3,(H,27,31)/t25-/m0/s1. The molecule has 3 aromatic rings. The molecule has 1 atom stereocenters. The smallest absolute Gasteiger partial charge is 0.190 e. The maximum absolute atomic E-state index is 5.77. The molecule has 0 fully saturated rings. The molecular weight excluding hydrogens is 400 g/mol. The molecule has 0 bridgehead atoms. The van der Waals surface area contributed by atoms with Gasteiger partial charge in [0, 0.05) is 32.7 Å². The highest BCUT2D eigenvalue weighted by Crippen LogP contribution is 2.33. The molecule has 0 radical (unpaired) electrons. The quantitative estimate of drug-likeness (QED) is 0.560. The molecule has 31 heavy (non-hydrogen) atoms. The Hall–Kier alpha value is -3.18. The maximum atomic E-state index is 5.77. The Balaban J connectivity index is 1.58. The van der Waals surface area contributed by atoms with Gasteiger partial charge in [0.2, 0.25) is 0 Å². The number of thiocarbonyl (C=S) groups is 1. The summed E-state index contributed by atoms with van der Waals surface area (Å²) in [7, 11) is 4.10. The first-order valence-corrected chi connectivity index (χ1v) is 10.9. The van der Waals surface area contributed by atoms with Gasteiger partial charge in [-0.1, -0.05) is 72.3 Å². The van der Waals surface area contributed by atoms with Crippen molar-refractivity contribution in [3.8, 4) is 0 Å². The summed E-state index contributed by atoms with van der Waals surface area (Å²) in [6.45, 7) is 2.79. The summed E-state index contributed by atoms with van der Waals surface area (Å²) in [5, 5.41) is 11.0. The lowest BCUT2D eigenvalue weighted by molar-refractivity contribution is 0.364. The summed E-state index contributed by atoms with van der Waals surface area (Å²) in [4.78, 5) is 2.10. The van der Waals surface area contributed by atoms with Crippen molar-refractivity contribution < 1.29 is 0 Å². The second-order valence-corrected chi connectivity index (χ2v) is 8.49. The Labute approximate surface area is 190 Å². The molecule has 0 aromatic heterocycles. The van der Waals surface area contributed by atoms with Crippen molar-refractivity contribution in [1.82, 2.24) is 10.3 Å². The molecule has 5 heteroatoms. The molecule has 0 aliphatic carbocycles. The van der Waals surface area contributed by atoms with Crippen LogP contribution in [-0.4, -0.2) is 29.9 Å². The van der Waals surface area contributed by atoms with Gasteiger partial charge in [-0.25, -0.2) is 5.01 Å². The molecule has 0 amide bonds. The predicted octanol–water partition coefficient (Wildman–Crippen LogP) is 5.29. The van der Waals surface area contributed by atoms with Gasteiger partial charge in [0.25, 0.3) is 0 Å². The van der Waals surface area contributed by atoms with Gasteiger partial charge in [0.15, 0.2) is 5.11 Å². The van der Waals surface area contributed by atoms with E-state index in [1.165, 1.54) is 22.4 Å². The minimum absolute atomic E-state index is 0.0832. The predicted molar refractivity (Wildman–Crippen MR) is 134 cm³/mol. The van der Waals surface area contributed by atoms with Gasteiger partial charge in [-0.2, -0.15) is 5.10 Å². The second kappa shape index (κ2) is 9.31. The van der Waals surface area contributed by atoms with Crippen LogP contribution in [0.1, 0.15) is 34.7 Å². The molecule has 0 saturated heterocycles. The summed E-state index contributed by atoms with van der Waals surface area (Å²) >= 11 is 5.77. The Morgan fingerprint density at radius 2 is 1.68 bits per heavy atom. The molecule has 0 saturated carbocycles. The van der Waals surface area contributed by atoms with Crippen molar-refractivity contribution in [3.63, 3.8) is 0 Å². The van der Waals surface area contributed by atoms with E-state index in [4.69, 9.17) is 17.3 Å². The highest BCUT2D eigenvalue weighted by molar-refractivity contribution is 7.80. The summed E-state index contributed by atoms with van der Waals surface area (Å²) in [6.07, 6.45) is 0.817. The van der Waals surface area contributed by atoms with Crippen molar-refractivity contribution in [2.24, 2.45) is 5.10 Å². The molecule has 1 aliphatic rings. The van der Waals surface area contributed by atoms with E-state index >= 15 is 0 Å². The monoisotopic (exact) mass is 428 g/mol. The average Bonchev–Trinajstić information content (AvgIpc) is 3.24. The first-order valence-electron chi connectivity index (χ1n) is 10.5. The Bertz CT molecular complexity index is 1060. The zero-order valence-corrected chi connectivity index (χ0v) is 19.1. The molecule has 158 valence electrons. The van der Waals surface area contributed by atoms with Crippen LogP contribution in [-0.2, 0) is 6.54 Å². The third-order valence-corrected chi connectivity index (χ3v) is 5.92. The normalized spacial score (nSPS) is 15.5. The molecule has 4 nitrogen and oxygen atoms in total. The van der Waals surface area contributed by atoms with Gasteiger partial charge in [0.05, 0.1) is 11.8 Å². The van der Waals surface area contributed by atoms with Crippen molar-refractivity contribution in [2.45, 2.75) is 25.9 Å². The lowest BCUT2D eigenvalue weighted by atomic mass is 9.98. The number of rotatable bonds is 5. The van der Waals surface area contributed by atoms with E-state index in [0.29, 0.717) is 11.7 Å². The van der Waals surface area contributed by atoms with E-state index < -0.39 is 0 Å². The van der Waals surface area contributed by atoms with Crippen LogP contribution in [0.5, 0.6) is 0 Å². The van der Waals surface area contributed by atoms with Gasteiger partial charge in [-0.15, -0.1) is 0 Å². The minimum atomic E-state index is 0.0832. The fourth-order valence-electron chi connectivity index (χ4n) is 3.73. The van der Waals surface area contributed by atoms with Crippen LogP contribution in [0.3, 0.4) is 0 Å². The molecule has 0 unspecified atom stereocenters. The third kappa shape index (κ3) is 4.94. The number of nitrogens with zero attached hydrogens (tertiary/aromatic N) is 3. The van der Waals surface area contributed by atoms with E-state index in [9.17, 15) is 0 Å². The first kappa shape index (κ1) is 21.1. The largest absolute Gasteiger partial charge is 0.378 e. The number of nitrogens with one attached hydrogen (secondary N) is 1. The molecule has 1 N–H and O–H groups in total. The lowest BCUT2D eigenvalue weighted by Crippen LogP contribution is -2.36. The summed E-state index contributed by atoms with van der Waals surface area (Å²) in [6, 6.07) is 27.6. The van der Waals surface area contributed by atoms with E-state index in [2.05, 4.69) is 77.8 Å². The fraction of sp³-hybridized carbons (Fsp3) is 0.231. The Morgan fingerprint density at radius 1 is 1.00 bits per heavy atom. The van der Waals surface area contributed by atoms with Crippen LogP contribution in [0.25, 0.3) is 0 Å². The van der Waals surface area contributed by atoms with E-state index in [1.54, 1.807) is 0 Å². The second-order valence-electron chi connectivity index (χ2n) is 8.11. The van der Waals surface area contributed by atoms with Crippen molar-refractivity contribution in [3.05, 3.63) is 101 Å². The third-order valence-electron chi connectivity index (χ3n) is 5.58. The maximum Gasteiger partial charge on any atom is 0.190 e. The number of hydrazone groups is 1. The van der Waals surface area contributed by atoms with Gasteiger partial charge in [0.1, 0.15) is 0 Å². The number of anilines is 1. The molecule has 1 heterocycles. The lowest BCUT2D eigenvalue weighted by Gasteiger charge is -2.25. The van der Waals surface area contributed by atoms with Crippen molar-refractivity contribution >= 4 is 28.7 Å².